The molecular weight excluding hydrogens is 282 g/mol. The number of carboxylic acids is 1. The molecule has 1 rings (SSSR count). The molecule has 0 saturated heterocycles. The van der Waals surface area contributed by atoms with Crippen LogP contribution in [0.2, 0.25) is 0 Å². The van der Waals surface area contributed by atoms with Gasteiger partial charge in [-0.05, 0) is 37.1 Å². The van der Waals surface area contributed by atoms with E-state index in [0.29, 0.717) is 4.75 Å². The van der Waals surface area contributed by atoms with Gasteiger partial charge in [0.05, 0.1) is 5.92 Å². The van der Waals surface area contributed by atoms with Gasteiger partial charge >= 0.3 is 5.97 Å². The van der Waals surface area contributed by atoms with Gasteiger partial charge in [0.15, 0.2) is 0 Å². The fourth-order valence-electron chi connectivity index (χ4n) is 2.36. The van der Waals surface area contributed by atoms with Crippen molar-refractivity contribution >= 4 is 17.7 Å². The van der Waals surface area contributed by atoms with Crippen LogP contribution in [0.1, 0.15) is 50.7 Å². The van der Waals surface area contributed by atoms with E-state index >= 15 is 0 Å². The van der Waals surface area contributed by atoms with Crippen molar-refractivity contribution < 1.29 is 9.90 Å². The van der Waals surface area contributed by atoms with Crippen LogP contribution in [0.4, 0.5) is 0 Å². The summed E-state index contributed by atoms with van der Waals surface area (Å²) in [6, 6.07) is 7.86. The highest BCUT2D eigenvalue weighted by atomic mass is 32.2. The predicted molar refractivity (Wildman–Crippen MR) is 91.0 cm³/mol. The second-order valence-electron chi connectivity index (χ2n) is 5.50. The molecule has 1 atom stereocenters. The summed E-state index contributed by atoms with van der Waals surface area (Å²) in [6.45, 7) is 8.01. The van der Waals surface area contributed by atoms with E-state index in [2.05, 4.69) is 25.4 Å². The molecule has 0 aromatic heterocycles. The number of nitrogens with one attached hydrogen (secondary N) is 1. The van der Waals surface area contributed by atoms with Crippen molar-refractivity contribution in [1.82, 2.24) is 5.32 Å². The van der Waals surface area contributed by atoms with Crippen LogP contribution < -0.4 is 5.32 Å². The first kappa shape index (κ1) is 18.1. The van der Waals surface area contributed by atoms with Gasteiger partial charge in [0, 0.05) is 17.8 Å². The lowest BCUT2D eigenvalue weighted by atomic mass is 9.99. The molecule has 0 heterocycles. The van der Waals surface area contributed by atoms with E-state index in [0.717, 1.165) is 31.5 Å². The monoisotopic (exact) mass is 309 g/mol. The summed E-state index contributed by atoms with van der Waals surface area (Å²) in [5.74, 6) is -1.23. The zero-order valence-corrected chi connectivity index (χ0v) is 14.3. The minimum absolute atomic E-state index is 0.317. The molecule has 0 radical (unpaired) electrons. The van der Waals surface area contributed by atoms with Crippen LogP contribution in [-0.4, -0.2) is 28.6 Å². The van der Waals surface area contributed by atoms with Crippen LogP contribution in [0.15, 0.2) is 24.3 Å². The maximum Gasteiger partial charge on any atom is 0.310 e. The highest BCUT2D eigenvalue weighted by Crippen LogP contribution is 2.29. The fourth-order valence-corrected chi connectivity index (χ4v) is 3.19. The number of carbonyl (C=O) groups is 1. The van der Waals surface area contributed by atoms with Crippen molar-refractivity contribution in [2.45, 2.75) is 50.8 Å². The van der Waals surface area contributed by atoms with Crippen LogP contribution in [-0.2, 0) is 11.3 Å². The molecule has 0 saturated carbocycles. The lowest BCUT2D eigenvalue weighted by molar-refractivity contribution is -0.138. The molecule has 0 aliphatic rings. The van der Waals surface area contributed by atoms with Gasteiger partial charge in [0.25, 0.3) is 0 Å². The molecule has 4 heteroatoms. The SMILES string of the molecule is CCC(CC)(CNCc1ccc(C(C)C(=O)O)cc1)SC. The molecular formula is C17H27NO2S. The first-order valence-corrected chi connectivity index (χ1v) is 8.78. The summed E-state index contributed by atoms with van der Waals surface area (Å²) in [5.41, 5.74) is 2.05. The lowest BCUT2D eigenvalue weighted by Gasteiger charge is -2.30. The third-order valence-corrected chi connectivity index (χ3v) is 5.94. The van der Waals surface area contributed by atoms with Gasteiger partial charge in [0.1, 0.15) is 0 Å². The van der Waals surface area contributed by atoms with E-state index < -0.39 is 11.9 Å². The molecule has 1 unspecified atom stereocenters. The number of benzene rings is 1. The highest BCUT2D eigenvalue weighted by molar-refractivity contribution is 8.00. The molecule has 3 nitrogen and oxygen atoms in total. The quantitative estimate of drug-likeness (QED) is 0.726. The minimum Gasteiger partial charge on any atom is -0.481 e. The Hall–Kier alpha value is -1.00. The second-order valence-corrected chi connectivity index (χ2v) is 6.77. The first-order valence-electron chi connectivity index (χ1n) is 7.55. The fraction of sp³-hybridized carbons (Fsp3) is 0.588. The molecule has 0 amide bonds. The number of thioether (sulfide) groups is 1. The first-order chi connectivity index (χ1) is 9.98. The minimum atomic E-state index is -0.781. The molecule has 118 valence electrons. The van der Waals surface area contributed by atoms with Crippen molar-refractivity contribution in [2.75, 3.05) is 12.8 Å². The second kappa shape index (κ2) is 8.44. The van der Waals surface area contributed by atoms with Gasteiger partial charge in [-0.1, -0.05) is 38.1 Å². The molecule has 21 heavy (non-hydrogen) atoms. The van der Waals surface area contributed by atoms with Gasteiger partial charge in [-0.15, -0.1) is 0 Å². The molecule has 1 aromatic rings. The zero-order chi connectivity index (χ0) is 15.9. The molecule has 0 fully saturated rings. The van der Waals surface area contributed by atoms with E-state index in [1.807, 2.05) is 36.0 Å². The van der Waals surface area contributed by atoms with Crippen LogP contribution in [0.5, 0.6) is 0 Å². The molecule has 0 aliphatic heterocycles. The summed E-state index contributed by atoms with van der Waals surface area (Å²) in [5, 5.41) is 12.5. The number of hydrogen-bond acceptors (Lipinski definition) is 3. The van der Waals surface area contributed by atoms with Gasteiger partial charge in [-0.2, -0.15) is 11.8 Å². The van der Waals surface area contributed by atoms with Crippen molar-refractivity contribution in [1.29, 1.82) is 0 Å². The third kappa shape index (κ3) is 5.04. The van der Waals surface area contributed by atoms with E-state index in [1.165, 1.54) is 5.56 Å². The number of rotatable bonds is 9. The topological polar surface area (TPSA) is 49.3 Å². The predicted octanol–water partition coefficient (Wildman–Crippen LogP) is 3.89. The van der Waals surface area contributed by atoms with Gasteiger partial charge in [-0.3, -0.25) is 4.79 Å². The zero-order valence-electron chi connectivity index (χ0n) is 13.5. The van der Waals surface area contributed by atoms with E-state index in [4.69, 9.17) is 5.11 Å². The van der Waals surface area contributed by atoms with Crippen molar-refractivity contribution in [2.24, 2.45) is 0 Å². The van der Waals surface area contributed by atoms with Gasteiger partial charge in [0.2, 0.25) is 0 Å². The molecule has 0 spiro atoms. The number of carboxylic acid groups (broad SMARTS) is 1. The Bertz CT molecular complexity index is 432. The smallest absolute Gasteiger partial charge is 0.310 e. The summed E-state index contributed by atoms with van der Waals surface area (Å²) >= 11 is 1.93. The van der Waals surface area contributed by atoms with Crippen LogP contribution >= 0.6 is 11.8 Å². The standard InChI is InChI=1S/C17H27NO2S/c1-5-17(6-2,21-4)12-18-11-14-7-9-15(10-8-14)13(3)16(19)20/h7-10,13,18H,5-6,11-12H2,1-4H3,(H,19,20). The summed E-state index contributed by atoms with van der Waals surface area (Å²) in [6.07, 6.45) is 4.50. The maximum absolute atomic E-state index is 11.0. The lowest BCUT2D eigenvalue weighted by Crippen LogP contribution is -2.36. The highest BCUT2D eigenvalue weighted by Gasteiger charge is 2.23. The summed E-state index contributed by atoms with van der Waals surface area (Å²) in [4.78, 5) is 11.0. The average Bonchev–Trinajstić information content (AvgIpc) is 2.52. The van der Waals surface area contributed by atoms with Crippen LogP contribution in [0.3, 0.4) is 0 Å². The van der Waals surface area contributed by atoms with Gasteiger partial charge < -0.3 is 10.4 Å². The molecule has 0 bridgehead atoms. The van der Waals surface area contributed by atoms with Crippen LogP contribution in [0.25, 0.3) is 0 Å². The molecule has 2 N–H and O–H groups in total. The Morgan fingerprint density at radius 2 is 1.86 bits per heavy atom. The van der Waals surface area contributed by atoms with E-state index in [-0.39, 0.29) is 0 Å². The average molecular weight is 309 g/mol. The van der Waals surface area contributed by atoms with E-state index in [9.17, 15) is 4.79 Å². The number of aliphatic carboxylic acids is 1. The molecule has 0 aliphatic carbocycles. The Labute approximate surface area is 132 Å². The van der Waals surface area contributed by atoms with Gasteiger partial charge in [-0.25, -0.2) is 0 Å². The Balaban J connectivity index is 2.55. The normalized spacial score (nSPS) is 13.1. The van der Waals surface area contributed by atoms with E-state index in [1.54, 1.807) is 6.92 Å². The Morgan fingerprint density at radius 1 is 1.29 bits per heavy atom. The van der Waals surface area contributed by atoms with Crippen molar-refractivity contribution in [3.8, 4) is 0 Å². The largest absolute Gasteiger partial charge is 0.481 e. The summed E-state index contributed by atoms with van der Waals surface area (Å²) < 4.78 is 0.317. The summed E-state index contributed by atoms with van der Waals surface area (Å²) in [7, 11) is 0. The van der Waals surface area contributed by atoms with Crippen LogP contribution in [0, 0.1) is 0 Å². The third-order valence-electron chi connectivity index (χ3n) is 4.35. The van der Waals surface area contributed by atoms with Crippen molar-refractivity contribution in [3.63, 3.8) is 0 Å². The van der Waals surface area contributed by atoms with Crippen molar-refractivity contribution in [3.05, 3.63) is 35.4 Å². The Morgan fingerprint density at radius 3 is 2.29 bits per heavy atom. The molecule has 1 aromatic carbocycles. The Kier molecular flexibility index (Phi) is 7.26. The maximum atomic E-state index is 11.0. The number of hydrogen-bond donors (Lipinski definition) is 2.